The number of methoxy groups -OCH3 is 2. The van der Waals surface area contributed by atoms with Crippen molar-refractivity contribution in [2.75, 3.05) is 18.5 Å². The van der Waals surface area contributed by atoms with Crippen molar-refractivity contribution in [2.24, 2.45) is 0 Å². The topological polar surface area (TPSA) is 131 Å². The molecule has 0 saturated heterocycles. The van der Waals surface area contributed by atoms with E-state index in [1.807, 2.05) is 6.07 Å². The lowest BCUT2D eigenvalue weighted by Gasteiger charge is -2.23. The minimum Gasteiger partial charge on any atom is -0.497 e. The Morgan fingerprint density at radius 3 is 2.44 bits per heavy atom. The zero-order valence-electron chi connectivity index (χ0n) is 23.4. The molecule has 0 bridgehead atoms. The summed E-state index contributed by atoms with van der Waals surface area (Å²) >= 11 is 1.89. The number of halogens is 3. The third kappa shape index (κ3) is 6.85. The summed E-state index contributed by atoms with van der Waals surface area (Å²) in [4.78, 5) is 4.63. The van der Waals surface area contributed by atoms with Crippen molar-refractivity contribution in [3.63, 3.8) is 0 Å². The number of hydrogen-bond donors (Lipinski definition) is 0. The molecule has 0 atom stereocenters. The van der Waals surface area contributed by atoms with E-state index in [9.17, 15) is 26.9 Å². The van der Waals surface area contributed by atoms with E-state index < -0.39 is 21.8 Å². The van der Waals surface area contributed by atoms with Gasteiger partial charge in [0.1, 0.15) is 23.9 Å². The number of nitrogens with zero attached hydrogens (tertiary/aromatic N) is 6. The van der Waals surface area contributed by atoms with Gasteiger partial charge in [-0.2, -0.15) is 33.0 Å². The van der Waals surface area contributed by atoms with Crippen LogP contribution in [0.2, 0.25) is 0 Å². The van der Waals surface area contributed by atoms with Crippen LogP contribution in [0.3, 0.4) is 0 Å². The van der Waals surface area contributed by atoms with Gasteiger partial charge in [-0.3, -0.25) is 0 Å². The summed E-state index contributed by atoms with van der Waals surface area (Å²) < 4.78 is 84.4. The molecular formula is C29H21F3N6O4S3. The summed E-state index contributed by atoms with van der Waals surface area (Å²) in [6, 6.07) is 15.7. The van der Waals surface area contributed by atoms with Crippen molar-refractivity contribution in [2.45, 2.75) is 27.4 Å². The molecule has 0 amide bonds. The summed E-state index contributed by atoms with van der Waals surface area (Å²) in [5.41, 5.74) is 0.272. The number of nitriles is 1. The zero-order valence-corrected chi connectivity index (χ0v) is 25.8. The second kappa shape index (κ2) is 13.1. The average molecular weight is 671 g/mol. The fourth-order valence-electron chi connectivity index (χ4n) is 4.23. The third-order valence-electron chi connectivity index (χ3n) is 6.45. The highest BCUT2D eigenvalue weighted by atomic mass is 32.2. The molecule has 0 saturated carbocycles. The maximum atomic E-state index is 14.0. The van der Waals surface area contributed by atoms with Gasteiger partial charge in [0, 0.05) is 38.5 Å². The Bertz CT molecular complexity index is 1970. The van der Waals surface area contributed by atoms with Crippen molar-refractivity contribution in [3.05, 3.63) is 96.1 Å². The monoisotopic (exact) mass is 670 g/mol. The summed E-state index contributed by atoms with van der Waals surface area (Å²) in [6.07, 6.45) is -0.662. The number of hydrogen-bond acceptors (Lipinski definition) is 11. The molecule has 5 aromatic rings. The molecule has 0 aliphatic heterocycles. The Balaban J connectivity index is 1.53. The molecule has 0 fully saturated rings. The molecule has 0 spiro atoms. The molecule has 230 valence electrons. The highest BCUT2D eigenvalue weighted by molar-refractivity contribution is 7.99. The normalized spacial score (nSPS) is 11.6. The first-order valence-corrected chi connectivity index (χ1v) is 15.8. The Hall–Kier alpha value is -4.72. The van der Waals surface area contributed by atoms with Gasteiger partial charge in [-0.05, 0) is 60.2 Å². The summed E-state index contributed by atoms with van der Waals surface area (Å²) in [6.45, 7) is -0.169. The van der Waals surface area contributed by atoms with Crippen molar-refractivity contribution >= 4 is 38.4 Å². The van der Waals surface area contributed by atoms with Gasteiger partial charge in [-0.1, -0.05) is 11.8 Å². The lowest BCUT2D eigenvalue weighted by molar-refractivity contribution is -0.137. The molecular weight excluding hydrogens is 650 g/mol. The standard InChI is InChI=1S/C29H21F3N6O4S3/c1-41-22-5-3-19(25(13-22)42-2)16-38(28-34-17-37-44-28)45(39,40)23-6-8-26(20(11-23)14-33)43-27-7-4-21(29(30,31)32)12-24(27)18-9-10-35-36-15-18/h3-13,15,17H,16H2,1-2H3. The number of benzene rings is 3. The molecule has 3 aromatic carbocycles. The lowest BCUT2D eigenvalue weighted by atomic mass is 10.0. The van der Waals surface area contributed by atoms with Gasteiger partial charge in [0.2, 0.25) is 5.13 Å². The van der Waals surface area contributed by atoms with Crippen LogP contribution in [0.4, 0.5) is 18.3 Å². The summed E-state index contributed by atoms with van der Waals surface area (Å²) in [5.74, 6) is 0.907. The lowest BCUT2D eigenvalue weighted by Crippen LogP contribution is -2.30. The predicted molar refractivity (Wildman–Crippen MR) is 161 cm³/mol. The minimum absolute atomic E-state index is 0.000909. The van der Waals surface area contributed by atoms with Gasteiger partial charge in [-0.25, -0.2) is 17.7 Å². The Kier molecular flexibility index (Phi) is 9.23. The quantitative estimate of drug-likeness (QED) is 0.163. The SMILES string of the molecule is COc1ccc(CN(c2ncns2)S(=O)(=O)c2ccc(Sc3ccc(C(F)(F)F)cc3-c3ccnnc3)c(C#N)c2)c(OC)c1. The van der Waals surface area contributed by atoms with E-state index in [0.717, 1.165) is 39.7 Å². The van der Waals surface area contributed by atoms with E-state index in [0.29, 0.717) is 32.4 Å². The van der Waals surface area contributed by atoms with Crippen molar-refractivity contribution in [1.82, 2.24) is 19.6 Å². The maximum Gasteiger partial charge on any atom is 0.416 e. The number of ether oxygens (including phenoxy) is 2. The smallest absolute Gasteiger partial charge is 0.416 e. The molecule has 0 radical (unpaired) electrons. The van der Waals surface area contributed by atoms with Gasteiger partial charge >= 0.3 is 6.18 Å². The van der Waals surface area contributed by atoms with Crippen molar-refractivity contribution in [1.29, 1.82) is 5.26 Å². The van der Waals surface area contributed by atoms with E-state index in [4.69, 9.17) is 9.47 Å². The fourth-order valence-corrected chi connectivity index (χ4v) is 7.40. The molecule has 0 aliphatic rings. The molecule has 0 unspecified atom stereocenters. The number of alkyl halides is 3. The molecule has 0 aliphatic carbocycles. The summed E-state index contributed by atoms with van der Waals surface area (Å²) in [5, 5.41) is 17.6. The van der Waals surface area contributed by atoms with Gasteiger partial charge < -0.3 is 9.47 Å². The van der Waals surface area contributed by atoms with Gasteiger partial charge in [-0.15, -0.1) is 0 Å². The van der Waals surface area contributed by atoms with Crippen LogP contribution in [-0.4, -0.2) is 42.2 Å². The molecule has 10 nitrogen and oxygen atoms in total. The average Bonchev–Trinajstić information content (AvgIpc) is 3.58. The van der Waals surface area contributed by atoms with Crippen molar-refractivity contribution in [3.8, 4) is 28.7 Å². The fraction of sp³-hybridized carbons (Fsp3) is 0.138. The first-order valence-electron chi connectivity index (χ1n) is 12.8. The van der Waals surface area contributed by atoms with Crippen LogP contribution in [-0.2, 0) is 22.7 Å². The van der Waals surface area contributed by atoms with Crippen LogP contribution in [0.15, 0.2) is 94.1 Å². The number of sulfonamides is 1. The second-order valence-electron chi connectivity index (χ2n) is 9.12. The molecule has 2 aromatic heterocycles. The summed E-state index contributed by atoms with van der Waals surface area (Å²) in [7, 11) is -1.36. The molecule has 5 rings (SSSR count). The first kappa shape index (κ1) is 31.7. The van der Waals surface area contributed by atoms with Gasteiger partial charge in [0.05, 0.1) is 49.2 Å². The Morgan fingerprint density at radius 2 is 1.80 bits per heavy atom. The molecule has 16 heteroatoms. The molecule has 2 heterocycles. The van der Waals surface area contributed by atoms with Crippen LogP contribution >= 0.6 is 23.3 Å². The van der Waals surface area contributed by atoms with Gasteiger partial charge in [0.15, 0.2) is 0 Å². The first-order chi connectivity index (χ1) is 21.5. The maximum absolute atomic E-state index is 14.0. The van der Waals surface area contributed by atoms with E-state index in [1.54, 1.807) is 18.2 Å². The van der Waals surface area contributed by atoms with Crippen LogP contribution in [0.1, 0.15) is 16.7 Å². The number of anilines is 1. The van der Waals surface area contributed by atoms with E-state index in [-0.39, 0.29) is 27.7 Å². The van der Waals surface area contributed by atoms with Crippen molar-refractivity contribution < 1.29 is 31.1 Å². The van der Waals surface area contributed by atoms with Crippen LogP contribution < -0.4 is 13.8 Å². The molecule has 0 N–H and O–H groups in total. The Labute approximate surface area is 264 Å². The Morgan fingerprint density at radius 1 is 1.00 bits per heavy atom. The number of rotatable bonds is 10. The van der Waals surface area contributed by atoms with Crippen LogP contribution in [0.5, 0.6) is 11.5 Å². The largest absolute Gasteiger partial charge is 0.497 e. The van der Waals surface area contributed by atoms with E-state index >= 15 is 0 Å². The van der Waals surface area contributed by atoms with Gasteiger partial charge in [0.25, 0.3) is 10.0 Å². The third-order valence-corrected chi connectivity index (χ3v) is 10.1. The second-order valence-corrected chi connectivity index (χ2v) is 12.8. The van der Waals surface area contributed by atoms with Crippen LogP contribution in [0.25, 0.3) is 11.1 Å². The zero-order chi connectivity index (χ0) is 32.2. The van der Waals surface area contributed by atoms with E-state index in [1.165, 1.54) is 63.3 Å². The van der Waals surface area contributed by atoms with E-state index in [2.05, 4.69) is 19.6 Å². The van der Waals surface area contributed by atoms with Crippen LogP contribution in [0, 0.1) is 11.3 Å². The highest BCUT2D eigenvalue weighted by Gasteiger charge is 2.32. The number of aromatic nitrogens is 4. The highest BCUT2D eigenvalue weighted by Crippen LogP contribution is 2.41. The predicted octanol–water partition coefficient (Wildman–Crippen LogP) is 6.45. The minimum atomic E-state index is -4.58. The molecule has 45 heavy (non-hydrogen) atoms.